The van der Waals surface area contributed by atoms with E-state index in [1.807, 2.05) is 25.2 Å². The number of cyclic esters (lactones) is 1. The number of nitrogens with zero attached hydrogens (tertiary/aromatic N) is 1. The van der Waals surface area contributed by atoms with E-state index < -0.39 is 12.1 Å². The Kier molecular flexibility index (Phi) is 5.26. The van der Waals surface area contributed by atoms with Gasteiger partial charge < -0.3 is 28.4 Å². The fraction of sp³-hybridized carbons (Fsp3) is 0.346. The smallest absolute Gasteiger partial charge is 0.343 e. The standard InChI is InChI=1S/C26H25NO7S/c1-27-10-9-13-17(16-6-5-11-35-16)24-25(33-12-32-24)23(31-4)18(13)20(27)21-14-7-8-15(29-2)22(30-3)19(14)26(28)34-21/h5-8,11,20-21H,9-10,12H2,1-4H3/t20-,21?/m1/s1. The molecule has 3 aliphatic heterocycles. The molecule has 6 rings (SSSR count). The molecular formula is C26H25NO7S. The normalized spacial score (nSPS) is 20.3. The summed E-state index contributed by atoms with van der Waals surface area (Å²) in [5.41, 5.74) is 4.26. The van der Waals surface area contributed by atoms with Gasteiger partial charge >= 0.3 is 5.97 Å². The van der Waals surface area contributed by atoms with Crippen LogP contribution in [0, 0.1) is 0 Å². The quantitative estimate of drug-likeness (QED) is 0.475. The molecule has 182 valence electrons. The van der Waals surface area contributed by atoms with Gasteiger partial charge in [0.2, 0.25) is 12.5 Å². The summed E-state index contributed by atoms with van der Waals surface area (Å²) in [4.78, 5) is 16.4. The van der Waals surface area contributed by atoms with Crippen LogP contribution in [0.4, 0.5) is 0 Å². The van der Waals surface area contributed by atoms with E-state index in [0.29, 0.717) is 34.3 Å². The Morgan fingerprint density at radius 3 is 2.51 bits per heavy atom. The van der Waals surface area contributed by atoms with E-state index in [-0.39, 0.29) is 12.8 Å². The number of thiophene rings is 1. The van der Waals surface area contributed by atoms with Crippen LogP contribution in [-0.2, 0) is 11.2 Å². The Balaban J connectivity index is 1.59. The maximum absolute atomic E-state index is 13.1. The third-order valence-electron chi connectivity index (χ3n) is 6.98. The number of methoxy groups -OCH3 is 3. The lowest BCUT2D eigenvalue weighted by molar-refractivity contribution is 0.00878. The number of carbonyl (C=O) groups excluding carboxylic acids is 1. The molecule has 4 heterocycles. The van der Waals surface area contributed by atoms with Gasteiger partial charge in [-0.2, -0.15) is 0 Å². The predicted molar refractivity (Wildman–Crippen MR) is 129 cm³/mol. The van der Waals surface area contributed by atoms with Gasteiger partial charge in [-0.25, -0.2) is 4.79 Å². The zero-order chi connectivity index (χ0) is 24.3. The van der Waals surface area contributed by atoms with Gasteiger partial charge in [0.1, 0.15) is 11.7 Å². The van der Waals surface area contributed by atoms with Gasteiger partial charge in [-0.3, -0.25) is 4.90 Å². The molecule has 2 aromatic carbocycles. The number of carbonyl (C=O) groups is 1. The van der Waals surface area contributed by atoms with Crippen LogP contribution in [0.25, 0.3) is 10.4 Å². The molecule has 0 spiro atoms. The highest BCUT2D eigenvalue weighted by atomic mass is 32.1. The number of esters is 1. The molecular weight excluding hydrogens is 470 g/mol. The summed E-state index contributed by atoms with van der Waals surface area (Å²) < 4.78 is 34.8. The molecule has 0 N–H and O–H groups in total. The summed E-state index contributed by atoms with van der Waals surface area (Å²) in [5.74, 6) is 2.36. The average molecular weight is 496 g/mol. The second-order valence-corrected chi connectivity index (χ2v) is 9.56. The van der Waals surface area contributed by atoms with Crippen molar-refractivity contribution in [2.24, 2.45) is 0 Å². The summed E-state index contributed by atoms with van der Waals surface area (Å²) in [7, 11) is 6.75. The number of likely N-dealkylation sites (N-methyl/N-ethyl adjacent to an activating group) is 1. The number of rotatable bonds is 5. The summed E-state index contributed by atoms with van der Waals surface area (Å²) in [5, 5.41) is 2.05. The van der Waals surface area contributed by atoms with Crippen LogP contribution < -0.4 is 23.7 Å². The molecule has 0 bridgehead atoms. The topological polar surface area (TPSA) is 75.7 Å². The molecule has 0 amide bonds. The molecule has 1 aromatic heterocycles. The minimum Gasteiger partial charge on any atom is -0.493 e. The van der Waals surface area contributed by atoms with Crippen molar-refractivity contribution in [1.29, 1.82) is 0 Å². The molecule has 3 aliphatic rings. The van der Waals surface area contributed by atoms with Crippen LogP contribution in [0.2, 0.25) is 0 Å². The molecule has 3 aromatic rings. The molecule has 1 unspecified atom stereocenters. The van der Waals surface area contributed by atoms with Crippen LogP contribution >= 0.6 is 11.3 Å². The van der Waals surface area contributed by atoms with Crippen molar-refractivity contribution in [3.8, 4) is 39.2 Å². The highest BCUT2D eigenvalue weighted by Gasteiger charge is 2.47. The fourth-order valence-electron chi connectivity index (χ4n) is 5.51. The summed E-state index contributed by atoms with van der Waals surface area (Å²) >= 11 is 1.65. The number of fused-ring (bicyclic) bond motifs is 3. The molecule has 0 saturated heterocycles. The van der Waals surface area contributed by atoms with Gasteiger partial charge in [0.25, 0.3) is 0 Å². The lowest BCUT2D eigenvalue weighted by Gasteiger charge is -2.39. The Morgan fingerprint density at radius 2 is 1.80 bits per heavy atom. The number of ether oxygens (including phenoxy) is 6. The first-order valence-electron chi connectivity index (χ1n) is 11.3. The van der Waals surface area contributed by atoms with Crippen molar-refractivity contribution in [3.63, 3.8) is 0 Å². The number of benzene rings is 2. The van der Waals surface area contributed by atoms with Crippen molar-refractivity contribution in [2.75, 3.05) is 41.7 Å². The molecule has 9 heteroatoms. The fourth-order valence-corrected chi connectivity index (χ4v) is 6.31. The first-order chi connectivity index (χ1) is 17.1. The van der Waals surface area contributed by atoms with E-state index in [0.717, 1.165) is 40.1 Å². The average Bonchev–Trinajstić information content (AvgIpc) is 3.63. The van der Waals surface area contributed by atoms with Crippen LogP contribution in [0.5, 0.6) is 28.7 Å². The lowest BCUT2D eigenvalue weighted by atomic mass is 9.82. The SMILES string of the molecule is COc1ccc2c(c1OC)C(=O)OC2[C@H]1c2c(c(-c3cccs3)c3c(c2OC)OCO3)CCN1C. The van der Waals surface area contributed by atoms with E-state index in [4.69, 9.17) is 28.4 Å². The first kappa shape index (κ1) is 22.1. The van der Waals surface area contributed by atoms with Crippen LogP contribution in [0.1, 0.15) is 39.2 Å². The monoisotopic (exact) mass is 495 g/mol. The van der Waals surface area contributed by atoms with E-state index in [9.17, 15) is 4.79 Å². The Bertz CT molecular complexity index is 1320. The first-order valence-corrected chi connectivity index (χ1v) is 12.2. The van der Waals surface area contributed by atoms with Gasteiger partial charge in [0, 0.05) is 28.1 Å². The minimum absolute atomic E-state index is 0.131. The van der Waals surface area contributed by atoms with Crippen molar-refractivity contribution in [2.45, 2.75) is 18.6 Å². The Hall–Kier alpha value is -3.43. The van der Waals surface area contributed by atoms with Crippen molar-refractivity contribution in [1.82, 2.24) is 4.90 Å². The van der Waals surface area contributed by atoms with Crippen LogP contribution in [0.15, 0.2) is 29.6 Å². The maximum atomic E-state index is 13.1. The Morgan fingerprint density at radius 1 is 1.00 bits per heavy atom. The molecule has 2 atom stereocenters. The van der Waals surface area contributed by atoms with E-state index in [2.05, 4.69) is 16.3 Å². The van der Waals surface area contributed by atoms with Crippen molar-refractivity contribution < 1.29 is 33.2 Å². The van der Waals surface area contributed by atoms with E-state index in [1.165, 1.54) is 7.11 Å². The minimum atomic E-state index is -0.563. The lowest BCUT2D eigenvalue weighted by Crippen LogP contribution is -2.36. The van der Waals surface area contributed by atoms with Gasteiger partial charge in [0.05, 0.1) is 27.4 Å². The second kappa shape index (κ2) is 8.35. The van der Waals surface area contributed by atoms with Gasteiger partial charge in [-0.1, -0.05) is 12.1 Å². The summed E-state index contributed by atoms with van der Waals surface area (Å²) in [6.07, 6.45) is 0.231. The van der Waals surface area contributed by atoms with Crippen LogP contribution in [-0.4, -0.2) is 52.6 Å². The van der Waals surface area contributed by atoms with E-state index >= 15 is 0 Å². The van der Waals surface area contributed by atoms with Gasteiger partial charge in [0.15, 0.2) is 23.0 Å². The van der Waals surface area contributed by atoms with Gasteiger partial charge in [-0.15, -0.1) is 11.3 Å². The summed E-state index contributed by atoms with van der Waals surface area (Å²) in [6, 6.07) is 7.51. The van der Waals surface area contributed by atoms with Gasteiger partial charge in [-0.05, 0) is 36.5 Å². The second-order valence-electron chi connectivity index (χ2n) is 8.61. The van der Waals surface area contributed by atoms with E-state index in [1.54, 1.807) is 25.6 Å². The Labute approximate surface area is 206 Å². The molecule has 0 radical (unpaired) electrons. The highest BCUT2D eigenvalue weighted by molar-refractivity contribution is 7.13. The van der Waals surface area contributed by atoms with Crippen molar-refractivity contribution >= 4 is 17.3 Å². The van der Waals surface area contributed by atoms with Crippen LogP contribution in [0.3, 0.4) is 0 Å². The molecule has 35 heavy (non-hydrogen) atoms. The highest BCUT2D eigenvalue weighted by Crippen LogP contribution is 2.59. The zero-order valence-corrected chi connectivity index (χ0v) is 20.7. The third kappa shape index (κ3) is 3.11. The maximum Gasteiger partial charge on any atom is 0.343 e. The molecule has 8 nitrogen and oxygen atoms in total. The number of hydrogen-bond donors (Lipinski definition) is 0. The number of hydrogen-bond acceptors (Lipinski definition) is 9. The zero-order valence-electron chi connectivity index (χ0n) is 19.9. The summed E-state index contributed by atoms with van der Waals surface area (Å²) in [6.45, 7) is 0.904. The van der Waals surface area contributed by atoms with Crippen molar-refractivity contribution in [3.05, 3.63) is 51.9 Å². The molecule has 0 fully saturated rings. The predicted octanol–water partition coefficient (Wildman–Crippen LogP) is 4.61. The third-order valence-corrected chi connectivity index (χ3v) is 7.87. The largest absolute Gasteiger partial charge is 0.493 e. The molecule has 0 aliphatic carbocycles. The molecule has 0 saturated carbocycles.